The molecule has 0 amide bonds. The third-order valence-corrected chi connectivity index (χ3v) is 5.48. The highest BCUT2D eigenvalue weighted by Crippen LogP contribution is 2.48. The van der Waals surface area contributed by atoms with Crippen LogP contribution in [0.2, 0.25) is 0 Å². The van der Waals surface area contributed by atoms with Gasteiger partial charge in [-0.15, -0.1) is 0 Å². The monoisotopic (exact) mass is 394 g/mol. The third kappa shape index (κ3) is 4.98. The molecule has 28 heavy (non-hydrogen) atoms. The van der Waals surface area contributed by atoms with Gasteiger partial charge < -0.3 is 35.7 Å². The van der Waals surface area contributed by atoms with Crippen LogP contribution in [0.4, 0.5) is 0 Å². The van der Waals surface area contributed by atoms with Crippen LogP contribution in [0, 0.1) is 5.92 Å². The van der Waals surface area contributed by atoms with Gasteiger partial charge in [0.25, 0.3) is 11.9 Å². The van der Waals surface area contributed by atoms with Crippen LogP contribution in [0.1, 0.15) is 63.0 Å². The van der Waals surface area contributed by atoms with Gasteiger partial charge in [0.05, 0.1) is 0 Å². The number of benzene rings is 1. The Labute approximate surface area is 164 Å². The summed E-state index contributed by atoms with van der Waals surface area (Å²) in [5, 5.41) is 68.9. The van der Waals surface area contributed by atoms with Crippen LogP contribution in [-0.2, 0) is 6.42 Å². The molecular weight excluding hydrogens is 364 g/mol. The number of phenolic OH excluding ortho intramolecular Hbond substituents is 2. The summed E-state index contributed by atoms with van der Waals surface area (Å²) in [5.41, 5.74) is 1.09. The Hall–Kier alpha value is -2.22. The van der Waals surface area contributed by atoms with Crippen LogP contribution in [0.15, 0.2) is 35.3 Å². The van der Waals surface area contributed by atoms with E-state index >= 15 is 0 Å². The Kier molecular flexibility index (Phi) is 6.98. The second-order valence-corrected chi connectivity index (χ2v) is 7.51. The Morgan fingerprint density at radius 2 is 1.68 bits per heavy atom. The minimum atomic E-state index is -3.02. The molecule has 156 valence electrons. The number of allylic oxidation sites excluding steroid dienone is 2. The van der Waals surface area contributed by atoms with E-state index in [2.05, 4.69) is 6.92 Å². The van der Waals surface area contributed by atoms with Gasteiger partial charge in [0.15, 0.2) is 0 Å². The molecule has 7 nitrogen and oxygen atoms in total. The van der Waals surface area contributed by atoms with E-state index in [9.17, 15) is 35.7 Å². The second-order valence-electron chi connectivity index (χ2n) is 7.51. The van der Waals surface area contributed by atoms with Gasteiger partial charge in [0.1, 0.15) is 11.5 Å². The second kappa shape index (κ2) is 8.86. The molecular formula is C21H30O7. The summed E-state index contributed by atoms with van der Waals surface area (Å²) < 4.78 is 0. The maximum absolute atomic E-state index is 10.6. The van der Waals surface area contributed by atoms with Crippen LogP contribution in [0.5, 0.6) is 11.5 Å². The van der Waals surface area contributed by atoms with Gasteiger partial charge in [0.2, 0.25) is 0 Å². The first kappa shape index (κ1) is 22.1. The SMILES string of the molecule is CCCCCc1cc(O)c(C2C=C(C(O)(O)O)CCC2C(C)=C(O)O)c(O)c1. The molecule has 0 spiro atoms. The van der Waals surface area contributed by atoms with Gasteiger partial charge in [-0.3, -0.25) is 0 Å². The van der Waals surface area contributed by atoms with Crippen LogP contribution >= 0.6 is 0 Å². The zero-order chi connectivity index (χ0) is 21.1. The largest absolute Gasteiger partial charge is 0.507 e. The Bertz CT molecular complexity index is 732. The van der Waals surface area contributed by atoms with E-state index < -0.39 is 23.8 Å². The number of aromatic hydroxyl groups is 2. The summed E-state index contributed by atoms with van der Waals surface area (Å²) in [7, 11) is 0. The number of phenols is 2. The minimum absolute atomic E-state index is 0.0789. The van der Waals surface area contributed by atoms with Crippen molar-refractivity contribution in [2.24, 2.45) is 5.92 Å². The van der Waals surface area contributed by atoms with Crippen molar-refractivity contribution in [1.29, 1.82) is 0 Å². The van der Waals surface area contributed by atoms with Crippen LogP contribution in [0.25, 0.3) is 0 Å². The molecule has 0 heterocycles. The van der Waals surface area contributed by atoms with Crippen LogP contribution < -0.4 is 0 Å². The fraction of sp³-hybridized carbons (Fsp3) is 0.524. The number of unbranched alkanes of at least 4 members (excludes halogenated alkanes) is 2. The molecule has 0 bridgehead atoms. The normalized spacial score (nSPS) is 20.0. The van der Waals surface area contributed by atoms with Gasteiger partial charge in [-0.2, -0.15) is 0 Å². The standard InChI is InChI=1S/C21H30O7/c1-3-4-5-6-13-9-17(22)19(18(23)10-13)16-11-14(21(26,27)28)7-8-15(16)12(2)20(24)25/h9-11,15-16,22-28H,3-8H2,1-2H3. The molecule has 0 radical (unpaired) electrons. The molecule has 0 saturated carbocycles. The lowest BCUT2D eigenvalue weighted by Crippen LogP contribution is -2.33. The minimum Gasteiger partial charge on any atom is -0.507 e. The summed E-state index contributed by atoms with van der Waals surface area (Å²) in [6.07, 6.45) is 5.42. The van der Waals surface area contributed by atoms with Gasteiger partial charge >= 0.3 is 0 Å². The molecule has 0 aliphatic heterocycles. The molecule has 0 saturated heterocycles. The maximum Gasteiger partial charge on any atom is 0.300 e. The smallest absolute Gasteiger partial charge is 0.300 e. The molecule has 0 aromatic heterocycles. The zero-order valence-corrected chi connectivity index (χ0v) is 16.3. The lowest BCUT2D eigenvalue weighted by molar-refractivity contribution is -0.284. The van der Waals surface area contributed by atoms with Gasteiger partial charge in [-0.05, 0) is 56.2 Å². The number of aliphatic hydroxyl groups is 5. The molecule has 7 N–H and O–H groups in total. The van der Waals surface area contributed by atoms with E-state index in [0.717, 1.165) is 24.8 Å². The van der Waals surface area contributed by atoms with E-state index in [0.29, 0.717) is 6.42 Å². The van der Waals surface area contributed by atoms with E-state index in [1.807, 2.05) is 0 Å². The maximum atomic E-state index is 10.6. The average molecular weight is 394 g/mol. The van der Waals surface area contributed by atoms with Crippen molar-refractivity contribution in [2.75, 3.05) is 0 Å². The summed E-state index contributed by atoms with van der Waals surface area (Å²) in [4.78, 5) is 0. The third-order valence-electron chi connectivity index (χ3n) is 5.48. The van der Waals surface area contributed by atoms with Crippen molar-refractivity contribution in [3.05, 3.63) is 46.4 Å². The fourth-order valence-corrected chi connectivity index (χ4v) is 3.87. The van der Waals surface area contributed by atoms with E-state index in [1.165, 1.54) is 13.0 Å². The number of rotatable bonds is 7. The number of aliphatic hydroxyl groups excluding tert-OH is 1. The first-order valence-electron chi connectivity index (χ1n) is 9.58. The predicted octanol–water partition coefficient (Wildman–Crippen LogP) is 3.23. The molecule has 2 unspecified atom stereocenters. The Morgan fingerprint density at radius 1 is 1.07 bits per heavy atom. The van der Waals surface area contributed by atoms with E-state index in [4.69, 9.17) is 0 Å². The quantitative estimate of drug-likeness (QED) is 0.163. The molecule has 7 heteroatoms. The lowest BCUT2D eigenvalue weighted by atomic mass is 9.72. The first-order valence-corrected chi connectivity index (χ1v) is 9.58. The molecule has 1 aliphatic carbocycles. The summed E-state index contributed by atoms with van der Waals surface area (Å²) in [6.45, 7) is 3.60. The molecule has 0 fully saturated rings. The first-order chi connectivity index (χ1) is 13.1. The highest BCUT2D eigenvalue weighted by molar-refractivity contribution is 5.52. The number of hydrogen-bond acceptors (Lipinski definition) is 7. The Balaban J connectivity index is 2.50. The fourth-order valence-electron chi connectivity index (χ4n) is 3.87. The van der Waals surface area contributed by atoms with Crippen LogP contribution in [0.3, 0.4) is 0 Å². The van der Waals surface area contributed by atoms with Crippen molar-refractivity contribution >= 4 is 0 Å². The predicted molar refractivity (Wildman–Crippen MR) is 104 cm³/mol. The van der Waals surface area contributed by atoms with Crippen molar-refractivity contribution in [2.45, 2.75) is 64.3 Å². The molecule has 2 atom stereocenters. The van der Waals surface area contributed by atoms with Gasteiger partial charge in [0, 0.05) is 22.6 Å². The van der Waals surface area contributed by atoms with E-state index in [-0.39, 0.29) is 41.1 Å². The number of hydrogen-bond donors (Lipinski definition) is 7. The van der Waals surface area contributed by atoms with E-state index in [1.54, 1.807) is 12.1 Å². The van der Waals surface area contributed by atoms with Crippen molar-refractivity contribution in [3.8, 4) is 11.5 Å². The summed E-state index contributed by atoms with van der Waals surface area (Å²) >= 11 is 0. The van der Waals surface area contributed by atoms with Crippen molar-refractivity contribution in [1.82, 2.24) is 0 Å². The molecule has 1 aromatic carbocycles. The number of aryl methyl sites for hydroxylation is 1. The molecule has 1 aromatic rings. The van der Waals surface area contributed by atoms with Crippen LogP contribution in [-0.4, -0.2) is 41.7 Å². The summed E-state index contributed by atoms with van der Waals surface area (Å²) in [5.74, 6) is -5.50. The van der Waals surface area contributed by atoms with Gasteiger partial charge in [-0.25, -0.2) is 0 Å². The Morgan fingerprint density at radius 3 is 2.18 bits per heavy atom. The van der Waals surface area contributed by atoms with Gasteiger partial charge in [-0.1, -0.05) is 25.8 Å². The average Bonchev–Trinajstić information content (AvgIpc) is 2.60. The van der Waals surface area contributed by atoms with Crippen molar-refractivity contribution < 1.29 is 35.7 Å². The highest BCUT2D eigenvalue weighted by atomic mass is 16.7. The zero-order valence-electron chi connectivity index (χ0n) is 16.3. The summed E-state index contributed by atoms with van der Waals surface area (Å²) in [6, 6.07) is 3.12. The highest BCUT2D eigenvalue weighted by Gasteiger charge is 2.37. The topological polar surface area (TPSA) is 142 Å². The lowest BCUT2D eigenvalue weighted by Gasteiger charge is -2.34. The molecule has 1 aliphatic rings. The molecule has 2 rings (SSSR count). The van der Waals surface area contributed by atoms with Crippen molar-refractivity contribution in [3.63, 3.8) is 0 Å².